The molecule has 2 nitrogen and oxygen atoms in total. The summed E-state index contributed by atoms with van der Waals surface area (Å²) in [5.74, 6) is 0.565. The van der Waals surface area contributed by atoms with E-state index < -0.39 is 0 Å². The molecule has 1 heterocycles. The first-order chi connectivity index (χ1) is 7.38. The van der Waals surface area contributed by atoms with Gasteiger partial charge < -0.3 is 4.57 Å². The number of hydrogen-bond acceptors (Lipinski definition) is 1. The average molecular weight is 265 g/mol. The van der Waals surface area contributed by atoms with Crippen molar-refractivity contribution in [3.8, 4) is 0 Å². The van der Waals surface area contributed by atoms with Crippen molar-refractivity contribution < 1.29 is 0 Å². The van der Waals surface area contributed by atoms with Gasteiger partial charge in [0.25, 0.3) is 0 Å². The molecule has 0 fully saturated rings. The van der Waals surface area contributed by atoms with Crippen LogP contribution in [0.4, 0.5) is 0 Å². The highest BCUT2D eigenvalue weighted by Gasteiger charge is 1.99. The first-order valence-corrected chi connectivity index (χ1v) is 6.47. The van der Waals surface area contributed by atoms with Crippen LogP contribution in [0, 0.1) is 0 Å². The van der Waals surface area contributed by atoms with Crippen LogP contribution in [0.2, 0.25) is 0 Å². The molecule has 0 radical (unpaired) electrons. The quantitative estimate of drug-likeness (QED) is 0.503. The number of halogens is 2. The van der Waals surface area contributed by atoms with Crippen LogP contribution in [-0.4, -0.2) is 9.55 Å². The number of alkyl halides is 1. The van der Waals surface area contributed by atoms with Crippen LogP contribution in [0.1, 0.15) is 51.1 Å². The molecule has 94 valence electrons. The first-order valence-electron chi connectivity index (χ1n) is 5.93. The predicted octanol–water partition coefficient (Wildman–Crippen LogP) is 4.40. The summed E-state index contributed by atoms with van der Waals surface area (Å²) in [4.78, 5) is 4.10. The first kappa shape index (κ1) is 15.8. The van der Waals surface area contributed by atoms with Crippen LogP contribution in [0.15, 0.2) is 12.5 Å². The topological polar surface area (TPSA) is 17.8 Å². The van der Waals surface area contributed by atoms with Crippen LogP contribution in [-0.2, 0) is 12.4 Å². The summed E-state index contributed by atoms with van der Waals surface area (Å²) in [6, 6.07) is 0. The molecule has 0 bridgehead atoms. The second-order valence-electron chi connectivity index (χ2n) is 3.98. The lowest BCUT2D eigenvalue weighted by Gasteiger charge is -2.05. The van der Waals surface area contributed by atoms with Gasteiger partial charge in [0.2, 0.25) is 0 Å². The highest BCUT2D eigenvalue weighted by molar-refractivity contribution is 6.16. The molecule has 0 saturated carbocycles. The van der Waals surface area contributed by atoms with E-state index in [-0.39, 0.29) is 12.4 Å². The fourth-order valence-corrected chi connectivity index (χ4v) is 1.95. The highest BCUT2D eigenvalue weighted by atomic mass is 35.5. The Labute approximate surface area is 110 Å². The third-order valence-electron chi connectivity index (χ3n) is 2.69. The van der Waals surface area contributed by atoms with Crippen LogP contribution < -0.4 is 0 Å². The monoisotopic (exact) mass is 264 g/mol. The van der Waals surface area contributed by atoms with Gasteiger partial charge in [-0.15, -0.1) is 24.0 Å². The Balaban J connectivity index is 0.00000225. The van der Waals surface area contributed by atoms with Gasteiger partial charge in [0, 0.05) is 12.7 Å². The van der Waals surface area contributed by atoms with E-state index in [1.807, 2.05) is 12.5 Å². The lowest BCUT2D eigenvalue weighted by Crippen LogP contribution is -2.00. The number of aryl methyl sites for hydroxylation is 1. The third-order valence-corrected chi connectivity index (χ3v) is 2.96. The maximum atomic E-state index is 5.79. The van der Waals surface area contributed by atoms with E-state index in [4.69, 9.17) is 11.6 Å². The van der Waals surface area contributed by atoms with Crippen molar-refractivity contribution in [1.82, 2.24) is 9.55 Å². The molecule has 0 saturated heterocycles. The molecule has 1 aromatic heterocycles. The average Bonchev–Trinajstić information content (AvgIpc) is 2.70. The molecule has 0 amide bonds. The van der Waals surface area contributed by atoms with E-state index >= 15 is 0 Å². The second kappa shape index (κ2) is 9.98. The van der Waals surface area contributed by atoms with Crippen LogP contribution in [0.3, 0.4) is 0 Å². The summed E-state index contributed by atoms with van der Waals surface area (Å²) in [6.07, 6.45) is 11.7. The lowest BCUT2D eigenvalue weighted by atomic mass is 10.1. The zero-order valence-electron chi connectivity index (χ0n) is 9.99. The van der Waals surface area contributed by atoms with Gasteiger partial charge >= 0.3 is 0 Å². The lowest BCUT2D eigenvalue weighted by molar-refractivity contribution is 0.552. The highest BCUT2D eigenvalue weighted by Crippen LogP contribution is 2.08. The molecule has 1 rings (SSSR count). The Morgan fingerprint density at radius 2 is 1.88 bits per heavy atom. The number of hydrogen-bond donors (Lipinski definition) is 0. The Bertz CT molecular complexity index is 261. The van der Waals surface area contributed by atoms with Gasteiger partial charge in [-0.1, -0.05) is 39.0 Å². The molecule has 16 heavy (non-hydrogen) atoms. The Morgan fingerprint density at radius 3 is 2.56 bits per heavy atom. The minimum absolute atomic E-state index is 0. The van der Waals surface area contributed by atoms with Gasteiger partial charge in [-0.05, 0) is 6.42 Å². The Morgan fingerprint density at radius 1 is 1.19 bits per heavy atom. The largest absolute Gasteiger partial charge is 0.333 e. The van der Waals surface area contributed by atoms with Crippen LogP contribution in [0.5, 0.6) is 0 Å². The maximum Gasteiger partial charge on any atom is 0.0948 e. The van der Waals surface area contributed by atoms with Crippen molar-refractivity contribution in [1.29, 1.82) is 0 Å². The zero-order valence-corrected chi connectivity index (χ0v) is 11.6. The molecule has 0 aliphatic rings. The van der Waals surface area contributed by atoms with Gasteiger partial charge in [0.1, 0.15) is 0 Å². The smallest absolute Gasteiger partial charge is 0.0948 e. The van der Waals surface area contributed by atoms with Gasteiger partial charge in [-0.2, -0.15) is 0 Å². The molecule has 0 unspecified atom stereocenters. The van der Waals surface area contributed by atoms with Crippen molar-refractivity contribution in [3.05, 3.63) is 18.2 Å². The van der Waals surface area contributed by atoms with Crippen LogP contribution >= 0.6 is 24.0 Å². The van der Waals surface area contributed by atoms with E-state index in [1.54, 1.807) is 0 Å². The Hall–Kier alpha value is -0.210. The molecule has 1 aromatic rings. The van der Waals surface area contributed by atoms with E-state index in [0.29, 0.717) is 5.88 Å². The van der Waals surface area contributed by atoms with Gasteiger partial charge in [-0.25, -0.2) is 4.98 Å². The summed E-state index contributed by atoms with van der Waals surface area (Å²) >= 11 is 5.79. The van der Waals surface area contributed by atoms with E-state index in [0.717, 1.165) is 12.2 Å². The van der Waals surface area contributed by atoms with E-state index in [9.17, 15) is 0 Å². The third kappa shape index (κ3) is 5.76. The number of imidazole rings is 1. The summed E-state index contributed by atoms with van der Waals surface area (Å²) in [7, 11) is 0. The minimum atomic E-state index is 0. The predicted molar refractivity (Wildman–Crippen MR) is 72.4 cm³/mol. The molecule has 0 aromatic carbocycles. The number of unbranched alkanes of at least 4 members (excludes halogenated alkanes) is 5. The van der Waals surface area contributed by atoms with Crippen molar-refractivity contribution in [3.63, 3.8) is 0 Å². The fourth-order valence-electron chi connectivity index (χ4n) is 1.72. The molecule has 0 atom stereocenters. The van der Waals surface area contributed by atoms with Gasteiger partial charge in [0.05, 0.1) is 17.9 Å². The summed E-state index contributed by atoms with van der Waals surface area (Å²) in [5, 5.41) is 0. The SMILES string of the molecule is CCCCCCCCn1cncc1CCl.Cl. The summed E-state index contributed by atoms with van der Waals surface area (Å²) < 4.78 is 2.16. The molecule has 0 aliphatic carbocycles. The van der Waals surface area contributed by atoms with Crippen molar-refractivity contribution in [2.24, 2.45) is 0 Å². The van der Waals surface area contributed by atoms with Crippen molar-refractivity contribution >= 4 is 24.0 Å². The molecular weight excluding hydrogens is 243 g/mol. The summed E-state index contributed by atoms with van der Waals surface area (Å²) in [6.45, 7) is 3.31. The normalized spacial score (nSPS) is 10.1. The van der Waals surface area contributed by atoms with E-state index in [1.165, 1.54) is 38.5 Å². The molecular formula is C12H22Cl2N2. The molecule has 0 spiro atoms. The minimum Gasteiger partial charge on any atom is -0.333 e. The standard InChI is InChI=1S/C12H21ClN2.ClH/c1-2-3-4-5-6-7-8-15-11-14-10-12(15)9-13;/h10-11H,2-9H2,1H3;1H. The van der Waals surface area contributed by atoms with Crippen LogP contribution in [0.25, 0.3) is 0 Å². The van der Waals surface area contributed by atoms with E-state index in [2.05, 4.69) is 16.5 Å². The number of nitrogens with zero attached hydrogens (tertiary/aromatic N) is 2. The number of aromatic nitrogens is 2. The molecule has 0 aliphatic heterocycles. The molecule has 4 heteroatoms. The summed E-state index contributed by atoms with van der Waals surface area (Å²) in [5.41, 5.74) is 1.13. The molecule has 0 N–H and O–H groups in total. The second-order valence-corrected chi connectivity index (χ2v) is 4.25. The van der Waals surface area contributed by atoms with Gasteiger partial charge in [0.15, 0.2) is 0 Å². The number of rotatable bonds is 8. The van der Waals surface area contributed by atoms with Crippen molar-refractivity contribution in [2.75, 3.05) is 0 Å². The fraction of sp³-hybridized carbons (Fsp3) is 0.750. The maximum absolute atomic E-state index is 5.79. The zero-order chi connectivity index (χ0) is 10.9. The van der Waals surface area contributed by atoms with Gasteiger partial charge in [-0.3, -0.25) is 0 Å². The Kier molecular flexibility index (Phi) is 9.85. The van der Waals surface area contributed by atoms with Crippen molar-refractivity contribution in [2.45, 2.75) is 57.9 Å².